The van der Waals surface area contributed by atoms with E-state index in [0.29, 0.717) is 23.5 Å². The number of carbonyl (C=O) groups is 3. The molecule has 2 saturated heterocycles. The Balaban J connectivity index is 1.46. The smallest absolute Gasteiger partial charge is 0.254 e. The summed E-state index contributed by atoms with van der Waals surface area (Å²) in [5, 5.41) is 3.14. The van der Waals surface area contributed by atoms with Gasteiger partial charge in [-0.25, -0.2) is 0 Å². The minimum atomic E-state index is -0.573. The third kappa shape index (κ3) is 5.59. The van der Waals surface area contributed by atoms with Crippen molar-refractivity contribution in [3.63, 3.8) is 0 Å². The van der Waals surface area contributed by atoms with Crippen LogP contribution in [-0.2, 0) is 29.0 Å². The molecule has 0 radical (unpaired) electrons. The van der Waals surface area contributed by atoms with E-state index in [4.69, 9.17) is 0 Å². The first kappa shape index (κ1) is 27.7. The highest BCUT2D eigenvalue weighted by Gasteiger charge is 2.47. The highest BCUT2D eigenvalue weighted by molar-refractivity contribution is 7.80. The number of benzene rings is 2. The lowest BCUT2D eigenvalue weighted by Gasteiger charge is -2.44. The molecule has 2 aliphatic heterocycles. The quantitative estimate of drug-likeness (QED) is 0.521. The molecule has 0 aromatic heterocycles. The fourth-order valence-corrected chi connectivity index (χ4v) is 6.75. The minimum Gasteiger partial charge on any atom is -0.342 e. The molecule has 2 aromatic carbocycles. The molecule has 0 saturated carbocycles. The van der Waals surface area contributed by atoms with Crippen molar-refractivity contribution in [1.29, 1.82) is 0 Å². The van der Waals surface area contributed by atoms with E-state index in [1.165, 1.54) is 11.1 Å². The maximum absolute atomic E-state index is 14.2. The van der Waals surface area contributed by atoms with E-state index in [0.717, 1.165) is 44.3 Å². The molecule has 3 aliphatic rings. The standard InChI is InChI=1S/C31H40N4O3S/c1-4-20(5-2)28-29(36)32-27(24-16-21-8-6-7-9-22(21)17-24)31(38)35(28)19-23-10-11-25(39)18-26(23)30(37)34-14-12-33(3)13-15-34/h6-11,18,20,24,27-28,39H,4-5,12-17,19H2,1-3H3,(H,32,36)/t27-,28-/m1/s1. The zero-order chi connectivity index (χ0) is 27.7. The van der Waals surface area contributed by atoms with Crippen molar-refractivity contribution in [1.82, 2.24) is 20.0 Å². The number of carbonyl (C=O) groups excluding carboxylic acids is 3. The van der Waals surface area contributed by atoms with Crippen LogP contribution in [0.3, 0.4) is 0 Å². The molecule has 0 spiro atoms. The van der Waals surface area contributed by atoms with Gasteiger partial charge >= 0.3 is 0 Å². The average molecular weight is 549 g/mol. The van der Waals surface area contributed by atoms with Gasteiger partial charge in [-0.3, -0.25) is 14.4 Å². The van der Waals surface area contributed by atoms with Gasteiger partial charge in [0.05, 0.1) is 0 Å². The van der Waals surface area contributed by atoms with Gasteiger partial charge in [-0.2, -0.15) is 0 Å². The van der Waals surface area contributed by atoms with Crippen LogP contribution in [0.1, 0.15) is 53.7 Å². The number of nitrogens with one attached hydrogen (secondary N) is 1. The van der Waals surface area contributed by atoms with Crippen LogP contribution in [0.5, 0.6) is 0 Å². The van der Waals surface area contributed by atoms with Crippen LogP contribution in [0.15, 0.2) is 47.4 Å². The molecule has 2 heterocycles. The van der Waals surface area contributed by atoms with Gasteiger partial charge in [-0.1, -0.05) is 57.0 Å². The fraction of sp³-hybridized carbons (Fsp3) is 0.516. The van der Waals surface area contributed by atoms with Crippen molar-refractivity contribution in [3.8, 4) is 0 Å². The highest BCUT2D eigenvalue weighted by atomic mass is 32.1. The molecule has 1 N–H and O–H groups in total. The van der Waals surface area contributed by atoms with Gasteiger partial charge in [-0.15, -0.1) is 12.6 Å². The maximum atomic E-state index is 14.2. The Morgan fingerprint density at radius 1 is 1.00 bits per heavy atom. The molecular formula is C31H40N4O3S. The van der Waals surface area contributed by atoms with Gasteiger partial charge in [0.1, 0.15) is 12.1 Å². The number of hydrogen-bond donors (Lipinski definition) is 2. The molecular weight excluding hydrogens is 508 g/mol. The summed E-state index contributed by atoms with van der Waals surface area (Å²) in [6, 6.07) is 12.7. The molecule has 7 nitrogen and oxygen atoms in total. The van der Waals surface area contributed by atoms with Crippen LogP contribution in [0, 0.1) is 11.8 Å². The second-order valence-corrected chi connectivity index (χ2v) is 11.9. The number of nitrogens with zero attached hydrogens (tertiary/aromatic N) is 3. The summed E-state index contributed by atoms with van der Waals surface area (Å²) in [5.74, 6) is -0.101. The maximum Gasteiger partial charge on any atom is 0.254 e. The molecule has 5 rings (SSSR count). The van der Waals surface area contributed by atoms with Crippen LogP contribution in [0.4, 0.5) is 0 Å². The number of fused-ring (bicyclic) bond motifs is 1. The van der Waals surface area contributed by atoms with E-state index >= 15 is 0 Å². The second kappa shape index (κ2) is 11.7. The predicted octanol–water partition coefficient (Wildman–Crippen LogP) is 3.41. The van der Waals surface area contributed by atoms with E-state index in [2.05, 4.69) is 55.9 Å². The lowest BCUT2D eigenvalue weighted by molar-refractivity contribution is -0.154. The molecule has 8 heteroatoms. The summed E-state index contributed by atoms with van der Waals surface area (Å²) in [6.07, 6.45) is 3.14. The van der Waals surface area contributed by atoms with Crippen LogP contribution in [0.25, 0.3) is 0 Å². The molecule has 3 amide bonds. The number of likely N-dealkylation sites (N-methyl/N-ethyl adjacent to an activating group) is 1. The Morgan fingerprint density at radius 2 is 1.64 bits per heavy atom. The van der Waals surface area contributed by atoms with Crippen molar-refractivity contribution in [2.75, 3.05) is 33.2 Å². The first-order valence-electron chi connectivity index (χ1n) is 14.3. The normalized spacial score (nSPS) is 22.4. The largest absolute Gasteiger partial charge is 0.342 e. The molecule has 0 unspecified atom stereocenters. The molecule has 2 atom stereocenters. The number of hydrogen-bond acceptors (Lipinski definition) is 5. The van der Waals surface area contributed by atoms with Gasteiger partial charge in [0, 0.05) is 43.2 Å². The van der Waals surface area contributed by atoms with Crippen molar-refractivity contribution in [2.24, 2.45) is 11.8 Å². The van der Waals surface area contributed by atoms with Gasteiger partial charge in [0.2, 0.25) is 11.8 Å². The Hall–Kier alpha value is -2.84. The van der Waals surface area contributed by atoms with Gasteiger partial charge in [0.15, 0.2) is 0 Å². The van der Waals surface area contributed by atoms with E-state index < -0.39 is 12.1 Å². The van der Waals surface area contributed by atoms with Crippen molar-refractivity contribution >= 4 is 30.4 Å². The van der Waals surface area contributed by atoms with E-state index in [-0.39, 0.29) is 36.1 Å². The first-order chi connectivity index (χ1) is 18.8. The van der Waals surface area contributed by atoms with Crippen LogP contribution >= 0.6 is 12.6 Å². The Kier molecular flexibility index (Phi) is 8.33. The average Bonchev–Trinajstić information content (AvgIpc) is 3.37. The molecule has 2 aromatic rings. The number of rotatable bonds is 7. The molecule has 1 aliphatic carbocycles. The van der Waals surface area contributed by atoms with Gasteiger partial charge in [0.25, 0.3) is 5.91 Å². The van der Waals surface area contributed by atoms with Gasteiger partial charge in [-0.05, 0) is 60.5 Å². The number of amides is 3. The zero-order valence-corrected chi connectivity index (χ0v) is 24.1. The SMILES string of the molecule is CCC(CC)[C@@H]1C(=O)N[C@H](C2Cc3ccccc3C2)C(=O)N1Cc1ccc(S)cc1C(=O)N1CCN(C)CC1. The number of piperazine rings is 2. The molecule has 208 valence electrons. The fourth-order valence-electron chi connectivity index (χ4n) is 6.55. The van der Waals surface area contributed by atoms with Crippen LogP contribution in [0.2, 0.25) is 0 Å². The molecule has 39 heavy (non-hydrogen) atoms. The summed E-state index contributed by atoms with van der Waals surface area (Å²) < 4.78 is 0. The number of thiol groups is 1. The molecule has 0 bridgehead atoms. The van der Waals surface area contributed by atoms with Crippen molar-refractivity contribution in [2.45, 2.75) is 63.1 Å². The first-order valence-corrected chi connectivity index (χ1v) is 14.7. The zero-order valence-electron chi connectivity index (χ0n) is 23.2. The van der Waals surface area contributed by atoms with E-state index in [1.54, 1.807) is 4.90 Å². The summed E-state index contributed by atoms with van der Waals surface area (Å²) in [7, 11) is 2.06. The van der Waals surface area contributed by atoms with E-state index in [9.17, 15) is 14.4 Å². The third-order valence-corrected chi connectivity index (χ3v) is 9.23. The Morgan fingerprint density at radius 3 is 2.26 bits per heavy atom. The van der Waals surface area contributed by atoms with E-state index in [1.807, 2.05) is 35.2 Å². The van der Waals surface area contributed by atoms with Crippen molar-refractivity contribution < 1.29 is 14.4 Å². The summed E-state index contributed by atoms with van der Waals surface area (Å²) in [4.78, 5) is 48.2. The highest BCUT2D eigenvalue weighted by Crippen LogP contribution is 2.34. The predicted molar refractivity (Wildman–Crippen MR) is 155 cm³/mol. The summed E-state index contributed by atoms with van der Waals surface area (Å²) in [6.45, 7) is 7.36. The Labute approximate surface area is 237 Å². The lowest BCUT2D eigenvalue weighted by atomic mass is 9.85. The lowest BCUT2D eigenvalue weighted by Crippen LogP contribution is -2.66. The van der Waals surface area contributed by atoms with Crippen LogP contribution < -0.4 is 5.32 Å². The second-order valence-electron chi connectivity index (χ2n) is 11.3. The third-order valence-electron chi connectivity index (χ3n) is 8.96. The topological polar surface area (TPSA) is 73.0 Å². The van der Waals surface area contributed by atoms with Crippen LogP contribution in [-0.4, -0.2) is 77.7 Å². The summed E-state index contributed by atoms with van der Waals surface area (Å²) >= 11 is 4.53. The van der Waals surface area contributed by atoms with Crippen molar-refractivity contribution in [3.05, 3.63) is 64.7 Å². The minimum absolute atomic E-state index is 0.0234. The summed E-state index contributed by atoms with van der Waals surface area (Å²) in [5.41, 5.74) is 3.84. The Bertz CT molecular complexity index is 1210. The monoisotopic (exact) mass is 548 g/mol. The van der Waals surface area contributed by atoms with Gasteiger partial charge < -0.3 is 20.0 Å². The molecule has 2 fully saturated rings.